The molecule has 0 aliphatic carbocycles. The second-order valence-corrected chi connectivity index (χ2v) is 7.06. The maximum absolute atomic E-state index is 12.7. The van der Waals surface area contributed by atoms with Gasteiger partial charge >= 0.3 is 5.88 Å². The first-order valence-electron chi connectivity index (χ1n) is 8.44. The van der Waals surface area contributed by atoms with Crippen LogP contribution in [0.15, 0.2) is 45.7 Å². The highest BCUT2D eigenvalue weighted by molar-refractivity contribution is 8.19. The van der Waals surface area contributed by atoms with E-state index in [1.165, 1.54) is 18.2 Å². The standard InChI is InChI=1S/C18H13N3O7S/c22-15-10-27-8-7-19(15)11-1-3-12(4-2-11)20-17(23)14(29-18(20)24)9-13-5-6-16(28-13)21(25)26/h1-6,9H,7-8,10H2/b14-9-. The van der Waals surface area contributed by atoms with Crippen molar-refractivity contribution in [3.8, 4) is 0 Å². The molecule has 2 aromatic rings. The molecule has 4 rings (SSSR count). The van der Waals surface area contributed by atoms with Gasteiger partial charge < -0.3 is 14.1 Å². The Hall–Kier alpha value is -3.44. The topological polar surface area (TPSA) is 123 Å². The molecular formula is C18H13N3O7S. The molecular weight excluding hydrogens is 402 g/mol. The number of nitrogens with zero attached hydrogens (tertiary/aromatic N) is 3. The monoisotopic (exact) mass is 415 g/mol. The van der Waals surface area contributed by atoms with Gasteiger partial charge in [-0.25, -0.2) is 4.90 Å². The van der Waals surface area contributed by atoms with Crippen LogP contribution in [0, 0.1) is 10.1 Å². The minimum absolute atomic E-state index is 0.0145. The third kappa shape index (κ3) is 3.65. The maximum Gasteiger partial charge on any atom is 0.433 e. The largest absolute Gasteiger partial charge is 0.433 e. The second-order valence-electron chi connectivity index (χ2n) is 6.06. The van der Waals surface area contributed by atoms with E-state index in [9.17, 15) is 24.5 Å². The molecule has 3 heterocycles. The highest BCUT2D eigenvalue weighted by atomic mass is 32.2. The van der Waals surface area contributed by atoms with Crippen molar-refractivity contribution in [1.82, 2.24) is 0 Å². The lowest BCUT2D eigenvalue weighted by Gasteiger charge is -2.27. The molecule has 2 aliphatic rings. The van der Waals surface area contributed by atoms with Crippen LogP contribution in [0.1, 0.15) is 5.76 Å². The summed E-state index contributed by atoms with van der Waals surface area (Å²) in [6.07, 6.45) is 1.29. The van der Waals surface area contributed by atoms with Crippen LogP contribution in [0.5, 0.6) is 0 Å². The van der Waals surface area contributed by atoms with Gasteiger partial charge in [0.15, 0.2) is 0 Å². The van der Waals surface area contributed by atoms with Gasteiger partial charge in [-0.15, -0.1) is 0 Å². The predicted octanol–water partition coefficient (Wildman–Crippen LogP) is 2.79. The molecule has 0 atom stereocenters. The zero-order chi connectivity index (χ0) is 20.5. The van der Waals surface area contributed by atoms with E-state index in [-0.39, 0.29) is 23.2 Å². The van der Waals surface area contributed by atoms with Crippen LogP contribution < -0.4 is 9.80 Å². The molecule has 0 bridgehead atoms. The number of carbonyl (C=O) groups is 3. The fourth-order valence-electron chi connectivity index (χ4n) is 2.91. The molecule has 148 valence electrons. The maximum atomic E-state index is 12.7. The zero-order valence-electron chi connectivity index (χ0n) is 14.8. The second kappa shape index (κ2) is 7.53. The number of carbonyl (C=O) groups excluding carboxylic acids is 3. The Balaban J connectivity index is 1.55. The smallest absolute Gasteiger partial charge is 0.401 e. The minimum Gasteiger partial charge on any atom is -0.401 e. The number of amides is 3. The predicted molar refractivity (Wildman–Crippen MR) is 103 cm³/mol. The number of ether oxygens (including phenoxy) is 1. The number of benzene rings is 1. The van der Waals surface area contributed by atoms with E-state index in [1.807, 2.05) is 0 Å². The molecule has 1 aromatic carbocycles. The fourth-order valence-corrected chi connectivity index (χ4v) is 3.73. The molecule has 2 aliphatic heterocycles. The number of hydrogen-bond acceptors (Lipinski definition) is 8. The lowest BCUT2D eigenvalue weighted by atomic mass is 10.2. The Labute approximate surface area is 167 Å². The van der Waals surface area contributed by atoms with Gasteiger partial charge in [-0.1, -0.05) is 0 Å². The normalized spacial score (nSPS) is 18.8. The Morgan fingerprint density at radius 2 is 1.79 bits per heavy atom. The number of rotatable bonds is 4. The van der Waals surface area contributed by atoms with Crippen LogP contribution in [0.3, 0.4) is 0 Å². The molecule has 10 nitrogen and oxygen atoms in total. The van der Waals surface area contributed by atoms with Gasteiger partial charge in [0.05, 0.1) is 23.3 Å². The summed E-state index contributed by atoms with van der Waals surface area (Å²) in [6.45, 7) is 0.880. The van der Waals surface area contributed by atoms with E-state index in [1.54, 1.807) is 29.2 Å². The van der Waals surface area contributed by atoms with Crippen LogP contribution in [-0.2, 0) is 14.3 Å². The summed E-state index contributed by atoms with van der Waals surface area (Å²) in [6, 6.07) is 8.98. The molecule has 29 heavy (non-hydrogen) atoms. The van der Waals surface area contributed by atoms with Gasteiger partial charge in [0.2, 0.25) is 0 Å². The Morgan fingerprint density at radius 3 is 2.45 bits per heavy atom. The Kier molecular flexibility index (Phi) is 4.91. The number of thioether (sulfide) groups is 1. The molecule has 3 amide bonds. The van der Waals surface area contributed by atoms with Crippen LogP contribution in [-0.4, -0.2) is 41.7 Å². The number of anilines is 2. The average Bonchev–Trinajstić information content (AvgIpc) is 3.28. The highest BCUT2D eigenvalue weighted by Gasteiger charge is 2.36. The minimum atomic E-state index is -0.691. The zero-order valence-corrected chi connectivity index (χ0v) is 15.6. The van der Waals surface area contributed by atoms with Crippen molar-refractivity contribution in [2.45, 2.75) is 0 Å². The third-order valence-corrected chi connectivity index (χ3v) is 5.13. The first-order chi connectivity index (χ1) is 13.9. The van der Waals surface area contributed by atoms with Crippen LogP contribution in [0.25, 0.3) is 6.08 Å². The van der Waals surface area contributed by atoms with Gasteiger partial charge in [-0.2, -0.15) is 0 Å². The molecule has 2 fully saturated rings. The summed E-state index contributed by atoms with van der Waals surface area (Å²) in [5, 5.41) is 10.2. The van der Waals surface area contributed by atoms with E-state index in [2.05, 4.69) is 0 Å². The van der Waals surface area contributed by atoms with E-state index >= 15 is 0 Å². The van der Waals surface area contributed by atoms with Crippen LogP contribution in [0.4, 0.5) is 22.1 Å². The van der Waals surface area contributed by atoms with E-state index in [0.717, 1.165) is 4.90 Å². The molecule has 0 saturated carbocycles. The highest BCUT2D eigenvalue weighted by Crippen LogP contribution is 2.36. The molecule has 2 saturated heterocycles. The summed E-state index contributed by atoms with van der Waals surface area (Å²) in [7, 11) is 0. The number of furan rings is 1. The van der Waals surface area contributed by atoms with Crippen molar-refractivity contribution in [2.75, 3.05) is 29.6 Å². The van der Waals surface area contributed by atoms with Gasteiger partial charge in [-0.05, 0) is 42.1 Å². The molecule has 0 radical (unpaired) electrons. The van der Waals surface area contributed by atoms with Crippen molar-refractivity contribution in [3.63, 3.8) is 0 Å². The van der Waals surface area contributed by atoms with E-state index in [0.29, 0.717) is 36.3 Å². The molecule has 0 spiro atoms. The van der Waals surface area contributed by atoms with Gasteiger partial charge in [-0.3, -0.25) is 24.5 Å². The number of nitro groups is 1. The van der Waals surface area contributed by atoms with Crippen molar-refractivity contribution >= 4 is 52.2 Å². The van der Waals surface area contributed by atoms with Crippen molar-refractivity contribution in [1.29, 1.82) is 0 Å². The van der Waals surface area contributed by atoms with E-state index < -0.39 is 22.0 Å². The first-order valence-corrected chi connectivity index (χ1v) is 9.26. The summed E-state index contributed by atoms with van der Waals surface area (Å²) in [5.74, 6) is -1.08. The van der Waals surface area contributed by atoms with Crippen molar-refractivity contribution < 1.29 is 28.5 Å². The average molecular weight is 415 g/mol. The van der Waals surface area contributed by atoms with Crippen molar-refractivity contribution in [2.24, 2.45) is 0 Å². The SMILES string of the molecule is O=C1COCCN1c1ccc(N2C(=O)S/C(=C\c3ccc([N+](=O)[O-])o3)C2=O)cc1. The summed E-state index contributed by atoms with van der Waals surface area (Å²) < 4.78 is 10.1. The third-order valence-electron chi connectivity index (χ3n) is 4.27. The van der Waals surface area contributed by atoms with Crippen molar-refractivity contribution in [3.05, 3.63) is 57.2 Å². The van der Waals surface area contributed by atoms with Gasteiger partial charge in [0.25, 0.3) is 17.1 Å². The van der Waals surface area contributed by atoms with Gasteiger partial charge in [0.1, 0.15) is 17.3 Å². The quantitative estimate of drug-likeness (QED) is 0.424. The lowest BCUT2D eigenvalue weighted by Crippen LogP contribution is -2.41. The fraction of sp³-hybridized carbons (Fsp3) is 0.167. The number of morpholine rings is 1. The molecule has 0 N–H and O–H groups in total. The Morgan fingerprint density at radius 1 is 1.07 bits per heavy atom. The van der Waals surface area contributed by atoms with Gasteiger partial charge in [0, 0.05) is 18.3 Å². The number of hydrogen-bond donors (Lipinski definition) is 0. The molecule has 11 heteroatoms. The summed E-state index contributed by atoms with van der Waals surface area (Å²) >= 11 is 0.709. The Bertz CT molecular complexity index is 1040. The van der Waals surface area contributed by atoms with Crippen LogP contribution >= 0.6 is 11.8 Å². The first kappa shape index (κ1) is 18.9. The molecule has 1 aromatic heterocycles. The summed E-state index contributed by atoms with van der Waals surface area (Å²) in [5.41, 5.74) is 0.998. The number of imide groups is 1. The van der Waals surface area contributed by atoms with Crippen LogP contribution in [0.2, 0.25) is 0 Å². The summed E-state index contributed by atoms with van der Waals surface area (Å²) in [4.78, 5) is 49.6. The molecule has 0 unspecified atom stereocenters. The van der Waals surface area contributed by atoms with E-state index in [4.69, 9.17) is 9.15 Å². The lowest BCUT2D eigenvalue weighted by molar-refractivity contribution is -0.402.